The molecule has 18 heavy (non-hydrogen) atoms. The molecule has 0 atom stereocenters. The molecule has 0 amide bonds. The minimum absolute atomic E-state index is 0.000512. The third kappa shape index (κ3) is 2.51. The molecule has 1 heterocycles. The van der Waals surface area contributed by atoms with E-state index in [1.807, 2.05) is 6.92 Å². The Hall–Kier alpha value is -1.89. The maximum atomic E-state index is 12.7. The van der Waals surface area contributed by atoms with Crippen molar-refractivity contribution in [1.29, 1.82) is 0 Å². The Balaban J connectivity index is 2.30. The molecular formula is C11H12FN3O2S. The van der Waals surface area contributed by atoms with Crippen molar-refractivity contribution >= 4 is 15.8 Å². The van der Waals surface area contributed by atoms with E-state index in [-0.39, 0.29) is 4.90 Å². The van der Waals surface area contributed by atoms with Crippen molar-refractivity contribution in [3.63, 3.8) is 0 Å². The summed E-state index contributed by atoms with van der Waals surface area (Å²) in [5.41, 5.74) is 0.765. The number of hydrogen-bond donors (Lipinski definition) is 2. The highest BCUT2D eigenvalue weighted by molar-refractivity contribution is 7.92. The van der Waals surface area contributed by atoms with Crippen molar-refractivity contribution < 1.29 is 12.8 Å². The number of anilines is 1. The van der Waals surface area contributed by atoms with Crippen LogP contribution >= 0.6 is 0 Å². The zero-order valence-corrected chi connectivity index (χ0v) is 10.5. The second kappa shape index (κ2) is 4.77. The summed E-state index contributed by atoms with van der Waals surface area (Å²) in [6.07, 6.45) is 2.21. The molecule has 2 rings (SSSR count). The average Bonchev–Trinajstić information content (AvgIpc) is 2.76. The Labute approximate surface area is 104 Å². The topological polar surface area (TPSA) is 74.8 Å². The Morgan fingerprint density at radius 1 is 1.33 bits per heavy atom. The third-order valence-electron chi connectivity index (χ3n) is 2.46. The van der Waals surface area contributed by atoms with Crippen LogP contribution in [-0.2, 0) is 16.4 Å². The maximum Gasteiger partial charge on any atom is 0.263 e. The van der Waals surface area contributed by atoms with Crippen molar-refractivity contribution in [1.82, 2.24) is 10.2 Å². The van der Waals surface area contributed by atoms with Crippen LogP contribution in [0.5, 0.6) is 0 Å². The van der Waals surface area contributed by atoms with E-state index in [1.165, 1.54) is 12.1 Å². The molecular weight excluding hydrogens is 257 g/mol. The summed E-state index contributed by atoms with van der Waals surface area (Å²) in [6, 6.07) is 4.61. The van der Waals surface area contributed by atoms with Crippen LogP contribution < -0.4 is 4.72 Å². The van der Waals surface area contributed by atoms with Gasteiger partial charge in [0.1, 0.15) is 11.6 Å². The fourth-order valence-electron chi connectivity index (χ4n) is 1.47. The molecule has 2 aromatic rings. The van der Waals surface area contributed by atoms with Gasteiger partial charge in [-0.3, -0.25) is 9.82 Å². The lowest BCUT2D eigenvalue weighted by atomic mass is 10.3. The fourth-order valence-corrected chi connectivity index (χ4v) is 2.53. The molecule has 0 radical (unpaired) electrons. The standard InChI is InChI=1S/C11H12FN3O2S/c1-2-8-7-13-14-11(8)15-18(16,17)10-5-3-9(12)4-6-10/h3-7H,2H2,1H3,(H2,13,14,15). The number of nitrogens with zero attached hydrogens (tertiary/aromatic N) is 1. The van der Waals surface area contributed by atoms with E-state index in [0.29, 0.717) is 12.2 Å². The van der Waals surface area contributed by atoms with Gasteiger partial charge < -0.3 is 0 Å². The van der Waals surface area contributed by atoms with E-state index in [2.05, 4.69) is 14.9 Å². The smallest absolute Gasteiger partial charge is 0.263 e. The largest absolute Gasteiger partial charge is 0.264 e. The predicted octanol–water partition coefficient (Wildman–Crippen LogP) is 1.91. The number of H-pyrrole nitrogens is 1. The second-order valence-corrected chi connectivity index (χ2v) is 5.37. The lowest BCUT2D eigenvalue weighted by molar-refractivity contribution is 0.599. The van der Waals surface area contributed by atoms with Crippen LogP contribution in [0, 0.1) is 5.82 Å². The van der Waals surface area contributed by atoms with Gasteiger partial charge in [0.15, 0.2) is 0 Å². The lowest BCUT2D eigenvalue weighted by Gasteiger charge is -2.07. The highest BCUT2D eigenvalue weighted by Gasteiger charge is 2.16. The molecule has 0 aliphatic rings. The number of nitrogens with one attached hydrogen (secondary N) is 2. The SMILES string of the molecule is CCc1cn[nH]c1NS(=O)(=O)c1ccc(F)cc1. The number of halogens is 1. The first-order valence-electron chi connectivity index (χ1n) is 5.33. The van der Waals surface area contributed by atoms with E-state index in [9.17, 15) is 12.8 Å². The van der Waals surface area contributed by atoms with Crippen LogP contribution in [0.1, 0.15) is 12.5 Å². The molecule has 0 bridgehead atoms. The van der Waals surface area contributed by atoms with E-state index in [1.54, 1.807) is 6.20 Å². The summed E-state index contributed by atoms with van der Waals surface area (Å²) in [4.78, 5) is 0.000512. The Kier molecular flexibility index (Phi) is 3.33. The summed E-state index contributed by atoms with van der Waals surface area (Å²) in [5.74, 6) is -0.147. The van der Waals surface area contributed by atoms with Gasteiger partial charge in [-0.1, -0.05) is 6.92 Å². The molecule has 0 fully saturated rings. The minimum atomic E-state index is -3.72. The lowest BCUT2D eigenvalue weighted by Crippen LogP contribution is -2.14. The predicted molar refractivity (Wildman–Crippen MR) is 65.2 cm³/mol. The molecule has 0 saturated carbocycles. The number of aromatic amines is 1. The number of hydrogen-bond acceptors (Lipinski definition) is 3. The number of aromatic nitrogens is 2. The van der Waals surface area contributed by atoms with Crippen molar-refractivity contribution in [2.45, 2.75) is 18.2 Å². The van der Waals surface area contributed by atoms with Crippen molar-refractivity contribution in [2.75, 3.05) is 4.72 Å². The highest BCUT2D eigenvalue weighted by Crippen LogP contribution is 2.18. The maximum absolute atomic E-state index is 12.7. The average molecular weight is 269 g/mol. The summed E-state index contributed by atoms with van der Waals surface area (Å²) in [5, 5.41) is 6.35. The molecule has 0 unspecified atom stereocenters. The Bertz CT molecular complexity index is 635. The van der Waals surface area contributed by atoms with Gasteiger partial charge in [-0.05, 0) is 30.7 Å². The molecule has 0 aliphatic heterocycles. The highest BCUT2D eigenvalue weighted by atomic mass is 32.2. The van der Waals surface area contributed by atoms with Gasteiger partial charge in [0.25, 0.3) is 10.0 Å². The van der Waals surface area contributed by atoms with Crippen molar-refractivity contribution in [3.05, 3.63) is 41.8 Å². The zero-order valence-electron chi connectivity index (χ0n) is 9.64. The summed E-state index contributed by atoms with van der Waals surface area (Å²) < 4.78 is 39.1. The molecule has 1 aromatic carbocycles. The van der Waals surface area contributed by atoms with Crippen LogP contribution in [-0.4, -0.2) is 18.6 Å². The minimum Gasteiger partial charge on any atom is -0.264 e. The van der Waals surface area contributed by atoms with Gasteiger partial charge in [0.2, 0.25) is 0 Å². The zero-order chi connectivity index (χ0) is 13.2. The Morgan fingerprint density at radius 2 is 2.00 bits per heavy atom. The molecule has 7 heteroatoms. The van der Waals surface area contributed by atoms with Crippen LogP contribution in [0.4, 0.5) is 10.2 Å². The quantitative estimate of drug-likeness (QED) is 0.890. The van der Waals surface area contributed by atoms with Gasteiger partial charge in [-0.15, -0.1) is 0 Å². The van der Waals surface area contributed by atoms with Crippen LogP contribution in [0.25, 0.3) is 0 Å². The first-order chi connectivity index (χ1) is 8.53. The normalized spacial score (nSPS) is 11.4. The number of sulfonamides is 1. The van der Waals surface area contributed by atoms with Gasteiger partial charge in [-0.2, -0.15) is 5.10 Å². The monoisotopic (exact) mass is 269 g/mol. The summed E-state index contributed by atoms with van der Waals surface area (Å²) >= 11 is 0. The van der Waals surface area contributed by atoms with Crippen molar-refractivity contribution in [2.24, 2.45) is 0 Å². The van der Waals surface area contributed by atoms with Crippen LogP contribution in [0.2, 0.25) is 0 Å². The summed E-state index contributed by atoms with van der Waals surface area (Å²) in [6.45, 7) is 1.89. The molecule has 0 saturated heterocycles. The fraction of sp³-hybridized carbons (Fsp3) is 0.182. The Morgan fingerprint density at radius 3 is 2.61 bits per heavy atom. The third-order valence-corrected chi connectivity index (χ3v) is 3.82. The van der Waals surface area contributed by atoms with Gasteiger partial charge >= 0.3 is 0 Å². The van der Waals surface area contributed by atoms with Crippen LogP contribution in [0.3, 0.4) is 0 Å². The second-order valence-electron chi connectivity index (χ2n) is 3.68. The number of aryl methyl sites for hydroxylation is 1. The molecule has 5 nitrogen and oxygen atoms in total. The van der Waals surface area contributed by atoms with Crippen LogP contribution in [0.15, 0.2) is 35.4 Å². The molecule has 1 aromatic heterocycles. The van der Waals surface area contributed by atoms with Gasteiger partial charge in [-0.25, -0.2) is 12.8 Å². The van der Waals surface area contributed by atoms with E-state index >= 15 is 0 Å². The molecule has 0 aliphatic carbocycles. The molecule has 0 spiro atoms. The summed E-state index contributed by atoms with van der Waals surface area (Å²) in [7, 11) is -3.72. The first kappa shape index (κ1) is 12.6. The number of benzene rings is 1. The van der Waals surface area contributed by atoms with Gasteiger partial charge in [0.05, 0.1) is 11.1 Å². The van der Waals surface area contributed by atoms with E-state index in [4.69, 9.17) is 0 Å². The van der Waals surface area contributed by atoms with E-state index < -0.39 is 15.8 Å². The molecule has 96 valence electrons. The van der Waals surface area contributed by atoms with E-state index in [0.717, 1.165) is 17.7 Å². The molecule has 2 N–H and O–H groups in total. The number of rotatable bonds is 4. The van der Waals surface area contributed by atoms with Crippen molar-refractivity contribution in [3.8, 4) is 0 Å². The van der Waals surface area contributed by atoms with Gasteiger partial charge in [0, 0.05) is 5.56 Å². The first-order valence-corrected chi connectivity index (χ1v) is 6.82.